The van der Waals surface area contributed by atoms with Gasteiger partial charge in [-0.3, -0.25) is 4.79 Å². The molecule has 0 bridgehead atoms. The van der Waals surface area contributed by atoms with E-state index in [0.29, 0.717) is 17.7 Å². The second-order valence-electron chi connectivity index (χ2n) is 5.89. The number of hydrogen-bond acceptors (Lipinski definition) is 3. The fraction of sp³-hybridized carbons (Fsp3) is 0.0870. The smallest absolute Gasteiger partial charge is 0.193 e. The molecule has 0 radical (unpaired) electrons. The van der Waals surface area contributed by atoms with Crippen molar-refractivity contribution < 1.29 is 9.53 Å². The summed E-state index contributed by atoms with van der Waals surface area (Å²) in [6.07, 6.45) is 1.69. The third-order valence-electron chi connectivity index (χ3n) is 3.86. The van der Waals surface area contributed by atoms with Crippen LogP contribution in [-0.2, 0) is 0 Å². The molecule has 0 heterocycles. The molecular formula is C23H20O2S. The Morgan fingerprint density at radius 2 is 1.38 bits per heavy atom. The minimum Gasteiger partial charge on any atom is -0.490 e. The van der Waals surface area contributed by atoms with Crippen molar-refractivity contribution in [1.82, 2.24) is 0 Å². The molecule has 0 aliphatic heterocycles. The Balaban J connectivity index is 1.68. The van der Waals surface area contributed by atoms with Gasteiger partial charge in [0.15, 0.2) is 5.78 Å². The molecule has 0 aliphatic carbocycles. The van der Waals surface area contributed by atoms with Crippen LogP contribution in [0.3, 0.4) is 0 Å². The van der Waals surface area contributed by atoms with Crippen LogP contribution < -0.4 is 4.74 Å². The molecule has 26 heavy (non-hydrogen) atoms. The summed E-state index contributed by atoms with van der Waals surface area (Å²) in [5.74, 6) is 0.735. The first-order valence-electron chi connectivity index (χ1n) is 8.39. The second-order valence-corrected chi connectivity index (χ2v) is 7.04. The Labute approximate surface area is 158 Å². The van der Waals surface area contributed by atoms with Gasteiger partial charge in [-0.1, -0.05) is 42.1 Å². The van der Waals surface area contributed by atoms with Gasteiger partial charge in [-0.2, -0.15) is 0 Å². The van der Waals surface area contributed by atoms with E-state index < -0.39 is 0 Å². The lowest BCUT2D eigenvalue weighted by molar-refractivity contribution is 0.103. The van der Waals surface area contributed by atoms with E-state index in [2.05, 4.69) is 37.8 Å². The van der Waals surface area contributed by atoms with E-state index in [-0.39, 0.29) is 5.78 Å². The highest BCUT2D eigenvalue weighted by atomic mass is 32.2. The quantitative estimate of drug-likeness (QED) is 0.385. The number of benzene rings is 3. The summed E-state index contributed by atoms with van der Waals surface area (Å²) in [7, 11) is 0. The zero-order valence-electron chi connectivity index (χ0n) is 14.6. The number of aryl methyl sites for hydroxylation is 1. The van der Waals surface area contributed by atoms with Crippen LogP contribution in [0.15, 0.2) is 95.2 Å². The van der Waals surface area contributed by atoms with Gasteiger partial charge in [0.05, 0.1) is 0 Å². The van der Waals surface area contributed by atoms with E-state index in [0.717, 1.165) is 10.6 Å². The molecule has 0 fully saturated rings. The molecule has 0 aromatic heterocycles. The van der Waals surface area contributed by atoms with Crippen molar-refractivity contribution >= 4 is 17.5 Å². The van der Waals surface area contributed by atoms with Gasteiger partial charge in [-0.05, 0) is 67.6 Å². The summed E-state index contributed by atoms with van der Waals surface area (Å²) in [6, 6.07) is 23.3. The van der Waals surface area contributed by atoms with E-state index in [1.807, 2.05) is 24.3 Å². The van der Waals surface area contributed by atoms with Gasteiger partial charge in [-0.15, -0.1) is 0 Å². The first-order valence-corrected chi connectivity index (χ1v) is 9.20. The molecule has 3 aromatic carbocycles. The van der Waals surface area contributed by atoms with Crippen molar-refractivity contribution in [2.75, 3.05) is 6.61 Å². The predicted octanol–water partition coefficient (Wildman–Crippen LogP) is 5.94. The van der Waals surface area contributed by atoms with E-state index >= 15 is 0 Å². The van der Waals surface area contributed by atoms with Gasteiger partial charge in [-0.25, -0.2) is 0 Å². The van der Waals surface area contributed by atoms with Crippen LogP contribution in [0, 0.1) is 6.92 Å². The van der Waals surface area contributed by atoms with Crippen LogP contribution in [0.25, 0.3) is 0 Å². The van der Waals surface area contributed by atoms with E-state index in [4.69, 9.17) is 4.74 Å². The number of ketones is 1. The van der Waals surface area contributed by atoms with Gasteiger partial charge in [0.2, 0.25) is 0 Å². The van der Waals surface area contributed by atoms with Gasteiger partial charge >= 0.3 is 0 Å². The number of rotatable bonds is 7. The highest BCUT2D eigenvalue weighted by Gasteiger charge is 2.09. The minimum absolute atomic E-state index is 0.00663. The van der Waals surface area contributed by atoms with Gasteiger partial charge in [0.25, 0.3) is 0 Å². The van der Waals surface area contributed by atoms with Crippen molar-refractivity contribution in [2.45, 2.75) is 16.7 Å². The lowest BCUT2D eigenvalue weighted by Gasteiger charge is -2.06. The van der Waals surface area contributed by atoms with Crippen molar-refractivity contribution in [3.05, 3.63) is 102 Å². The first kappa shape index (κ1) is 18.0. The maximum Gasteiger partial charge on any atom is 0.193 e. The molecule has 0 aliphatic rings. The summed E-state index contributed by atoms with van der Waals surface area (Å²) in [6.45, 7) is 6.15. The molecule has 0 amide bonds. The second kappa shape index (κ2) is 8.54. The molecule has 3 aromatic rings. The number of ether oxygens (including phenoxy) is 1. The molecular weight excluding hydrogens is 340 g/mol. The van der Waals surface area contributed by atoms with Gasteiger partial charge < -0.3 is 4.74 Å². The molecule has 0 saturated carbocycles. The lowest BCUT2D eigenvalue weighted by Crippen LogP contribution is -2.01. The van der Waals surface area contributed by atoms with Crippen LogP contribution in [0.5, 0.6) is 5.75 Å². The standard InChI is InChI=1S/C23H20O2S/c1-3-16-25-20-10-6-18(7-11-20)23(24)19-8-14-22(15-9-19)26-21-12-4-17(2)5-13-21/h3-15H,1,16H2,2H3. The minimum atomic E-state index is 0.00663. The highest BCUT2D eigenvalue weighted by molar-refractivity contribution is 7.99. The topological polar surface area (TPSA) is 26.3 Å². The molecule has 0 spiro atoms. The first-order chi connectivity index (χ1) is 12.7. The summed E-state index contributed by atoms with van der Waals surface area (Å²) in [5, 5.41) is 0. The molecule has 0 atom stereocenters. The molecule has 3 heteroatoms. The number of hydrogen-bond donors (Lipinski definition) is 0. The van der Waals surface area contributed by atoms with Crippen molar-refractivity contribution in [2.24, 2.45) is 0 Å². The molecule has 0 N–H and O–H groups in total. The number of carbonyl (C=O) groups is 1. The van der Waals surface area contributed by atoms with E-state index in [9.17, 15) is 4.79 Å². The van der Waals surface area contributed by atoms with E-state index in [1.54, 1.807) is 42.1 Å². The fourth-order valence-corrected chi connectivity index (χ4v) is 3.26. The Morgan fingerprint density at radius 3 is 1.92 bits per heavy atom. The fourth-order valence-electron chi connectivity index (χ4n) is 2.44. The summed E-state index contributed by atoms with van der Waals surface area (Å²) >= 11 is 1.69. The van der Waals surface area contributed by atoms with Gasteiger partial charge in [0.1, 0.15) is 12.4 Å². The molecule has 0 saturated heterocycles. The maximum absolute atomic E-state index is 12.6. The van der Waals surface area contributed by atoms with Crippen LogP contribution in [0.2, 0.25) is 0 Å². The van der Waals surface area contributed by atoms with E-state index in [1.165, 1.54) is 10.5 Å². The Hall–Kier alpha value is -2.78. The van der Waals surface area contributed by atoms with Crippen molar-refractivity contribution in [1.29, 1.82) is 0 Å². The Morgan fingerprint density at radius 1 is 0.885 bits per heavy atom. The zero-order valence-corrected chi connectivity index (χ0v) is 15.5. The third kappa shape index (κ3) is 4.64. The lowest BCUT2D eigenvalue weighted by atomic mass is 10.0. The normalized spacial score (nSPS) is 10.3. The van der Waals surface area contributed by atoms with Gasteiger partial charge in [0, 0.05) is 20.9 Å². The largest absolute Gasteiger partial charge is 0.490 e. The molecule has 130 valence electrons. The molecule has 3 rings (SSSR count). The average molecular weight is 360 g/mol. The maximum atomic E-state index is 12.6. The van der Waals surface area contributed by atoms with Crippen molar-refractivity contribution in [3.63, 3.8) is 0 Å². The number of carbonyl (C=O) groups excluding carboxylic acids is 1. The van der Waals surface area contributed by atoms with Crippen LogP contribution in [-0.4, -0.2) is 12.4 Å². The average Bonchev–Trinajstić information content (AvgIpc) is 2.68. The molecule has 2 nitrogen and oxygen atoms in total. The summed E-state index contributed by atoms with van der Waals surface area (Å²) in [5.41, 5.74) is 2.57. The predicted molar refractivity (Wildman–Crippen MR) is 107 cm³/mol. The Kier molecular flexibility index (Phi) is 5.92. The van der Waals surface area contributed by atoms with Crippen LogP contribution in [0.4, 0.5) is 0 Å². The summed E-state index contributed by atoms with van der Waals surface area (Å²) in [4.78, 5) is 14.9. The zero-order chi connectivity index (χ0) is 18.4. The SMILES string of the molecule is C=CCOc1ccc(C(=O)c2ccc(Sc3ccc(C)cc3)cc2)cc1. The molecule has 0 unspecified atom stereocenters. The Bertz CT molecular complexity index is 879. The van der Waals surface area contributed by atoms with Crippen LogP contribution >= 0.6 is 11.8 Å². The highest BCUT2D eigenvalue weighted by Crippen LogP contribution is 2.28. The van der Waals surface area contributed by atoms with Crippen LogP contribution in [0.1, 0.15) is 21.5 Å². The monoisotopic (exact) mass is 360 g/mol. The third-order valence-corrected chi connectivity index (χ3v) is 4.87. The summed E-state index contributed by atoms with van der Waals surface area (Å²) < 4.78 is 5.44. The van der Waals surface area contributed by atoms with Crippen molar-refractivity contribution in [3.8, 4) is 5.75 Å².